The van der Waals surface area contributed by atoms with Crippen LogP contribution in [-0.4, -0.2) is 26.5 Å². The van der Waals surface area contributed by atoms with E-state index in [9.17, 15) is 10.1 Å². The lowest BCUT2D eigenvalue weighted by Gasteiger charge is -2.21. The molecule has 0 spiro atoms. The lowest BCUT2D eigenvalue weighted by atomic mass is 10.1. The summed E-state index contributed by atoms with van der Waals surface area (Å²) in [4.78, 5) is 18.7. The van der Waals surface area contributed by atoms with E-state index < -0.39 is 4.92 Å². The van der Waals surface area contributed by atoms with Gasteiger partial charge in [-0.25, -0.2) is 15.4 Å². The normalized spacial score (nSPS) is 12.8. The van der Waals surface area contributed by atoms with Crippen molar-refractivity contribution < 1.29 is 4.92 Å². The maximum atomic E-state index is 11.3. The van der Waals surface area contributed by atoms with E-state index >= 15 is 0 Å². The molecule has 1 aromatic rings. The molecule has 8 heteroatoms. The molecule has 1 rings (SSSR count). The molecule has 0 saturated heterocycles. The van der Waals surface area contributed by atoms with E-state index in [0.717, 1.165) is 6.42 Å². The van der Waals surface area contributed by atoms with E-state index in [1.54, 1.807) is 0 Å². The fraction of sp³-hybridized carbons (Fsp3) is 0.667. The molecule has 0 radical (unpaired) electrons. The van der Waals surface area contributed by atoms with E-state index in [1.807, 2.05) is 34.6 Å². The number of hydrazine groups is 1. The molecule has 1 heterocycles. The summed E-state index contributed by atoms with van der Waals surface area (Å²) in [6.07, 6.45) is 2.13. The molecule has 0 amide bonds. The van der Waals surface area contributed by atoms with E-state index in [0.29, 0.717) is 0 Å². The first-order valence-electron chi connectivity index (χ1n) is 6.53. The highest BCUT2D eigenvalue weighted by atomic mass is 16.6. The molecule has 1 aromatic heterocycles. The number of hydrogen-bond donors (Lipinski definition) is 3. The second-order valence-electron chi connectivity index (χ2n) is 5.63. The van der Waals surface area contributed by atoms with Crippen molar-refractivity contribution in [3.05, 3.63) is 16.4 Å². The standard InChI is InChI=1S/C12H22N6O2/c1-6-8(2)15-10-9(18(19)20)11(14-7-13-10)16-17-12(3,4)5/h7-8,17H,6H2,1-5H3,(H2,13,14,15,16). The Hall–Kier alpha value is -1.96. The molecule has 1 atom stereocenters. The Morgan fingerprint density at radius 3 is 2.45 bits per heavy atom. The van der Waals surface area contributed by atoms with Gasteiger partial charge < -0.3 is 5.32 Å². The number of nitro groups is 1. The van der Waals surface area contributed by atoms with Crippen molar-refractivity contribution >= 4 is 17.3 Å². The first-order chi connectivity index (χ1) is 9.24. The van der Waals surface area contributed by atoms with Crippen LogP contribution < -0.4 is 16.2 Å². The molecule has 0 aromatic carbocycles. The Bertz CT molecular complexity index is 472. The molecule has 0 aliphatic carbocycles. The molecule has 0 aliphatic heterocycles. The van der Waals surface area contributed by atoms with Crippen LogP contribution in [0.5, 0.6) is 0 Å². The smallest absolute Gasteiger partial charge is 0.354 e. The zero-order valence-corrected chi connectivity index (χ0v) is 12.5. The minimum Gasteiger partial charge on any atom is -0.362 e. The molecule has 112 valence electrons. The third kappa shape index (κ3) is 4.61. The number of nitrogens with zero attached hydrogens (tertiary/aromatic N) is 3. The quantitative estimate of drug-likeness (QED) is 0.543. The molecule has 0 saturated carbocycles. The van der Waals surface area contributed by atoms with Crippen molar-refractivity contribution in [3.8, 4) is 0 Å². The van der Waals surface area contributed by atoms with Crippen molar-refractivity contribution in [2.75, 3.05) is 10.7 Å². The number of rotatable bonds is 6. The number of aromatic nitrogens is 2. The molecule has 8 nitrogen and oxygen atoms in total. The van der Waals surface area contributed by atoms with Crippen LogP contribution in [0.2, 0.25) is 0 Å². The summed E-state index contributed by atoms with van der Waals surface area (Å²) in [6.45, 7) is 9.74. The van der Waals surface area contributed by atoms with Crippen LogP contribution in [0.3, 0.4) is 0 Å². The highest BCUT2D eigenvalue weighted by molar-refractivity contribution is 5.69. The van der Waals surface area contributed by atoms with Crippen molar-refractivity contribution in [1.82, 2.24) is 15.4 Å². The predicted molar refractivity (Wildman–Crippen MR) is 78.6 cm³/mol. The second-order valence-corrected chi connectivity index (χ2v) is 5.63. The van der Waals surface area contributed by atoms with Gasteiger partial charge in [-0.1, -0.05) is 6.92 Å². The third-order valence-corrected chi connectivity index (χ3v) is 2.56. The van der Waals surface area contributed by atoms with Gasteiger partial charge in [-0.05, 0) is 34.1 Å². The van der Waals surface area contributed by atoms with Crippen LogP contribution in [0.15, 0.2) is 6.33 Å². The summed E-state index contributed by atoms with van der Waals surface area (Å²) in [6, 6.07) is 0.0898. The van der Waals surface area contributed by atoms with E-state index in [1.165, 1.54) is 6.33 Å². The zero-order chi connectivity index (χ0) is 15.3. The first-order valence-corrected chi connectivity index (χ1v) is 6.53. The van der Waals surface area contributed by atoms with Gasteiger partial charge in [-0.15, -0.1) is 0 Å². The monoisotopic (exact) mass is 282 g/mol. The second kappa shape index (κ2) is 6.47. The molecule has 0 fully saturated rings. The fourth-order valence-electron chi connectivity index (χ4n) is 1.33. The molecule has 1 unspecified atom stereocenters. The van der Waals surface area contributed by atoms with Gasteiger partial charge in [0, 0.05) is 11.6 Å². The Labute approximate surface area is 118 Å². The molecular weight excluding hydrogens is 260 g/mol. The minimum atomic E-state index is -0.489. The van der Waals surface area contributed by atoms with Gasteiger partial charge in [0.05, 0.1) is 4.92 Å². The molecule has 0 bridgehead atoms. The summed E-state index contributed by atoms with van der Waals surface area (Å²) in [7, 11) is 0. The Morgan fingerprint density at radius 2 is 1.95 bits per heavy atom. The van der Waals surface area contributed by atoms with E-state index in [2.05, 4.69) is 26.1 Å². The first kappa shape index (κ1) is 16.1. The number of anilines is 2. The summed E-state index contributed by atoms with van der Waals surface area (Å²) < 4.78 is 0. The van der Waals surface area contributed by atoms with Crippen LogP contribution in [0.4, 0.5) is 17.3 Å². The van der Waals surface area contributed by atoms with Gasteiger partial charge in [0.15, 0.2) is 0 Å². The van der Waals surface area contributed by atoms with Crippen LogP contribution in [0.1, 0.15) is 41.0 Å². The number of hydrogen-bond acceptors (Lipinski definition) is 7. The van der Waals surface area contributed by atoms with Crippen molar-refractivity contribution in [2.45, 2.75) is 52.6 Å². The van der Waals surface area contributed by atoms with Crippen LogP contribution in [0, 0.1) is 10.1 Å². The van der Waals surface area contributed by atoms with Gasteiger partial charge in [0.2, 0.25) is 11.6 Å². The fourth-order valence-corrected chi connectivity index (χ4v) is 1.33. The van der Waals surface area contributed by atoms with Crippen LogP contribution >= 0.6 is 0 Å². The largest absolute Gasteiger partial charge is 0.362 e. The highest BCUT2D eigenvalue weighted by Gasteiger charge is 2.24. The summed E-state index contributed by atoms with van der Waals surface area (Å²) in [5, 5.41) is 14.3. The third-order valence-electron chi connectivity index (χ3n) is 2.56. The van der Waals surface area contributed by atoms with Gasteiger partial charge in [-0.2, -0.15) is 0 Å². The molecule has 20 heavy (non-hydrogen) atoms. The summed E-state index contributed by atoms with van der Waals surface area (Å²) >= 11 is 0. The minimum absolute atomic E-state index is 0.0898. The Balaban J connectivity index is 3.05. The Morgan fingerprint density at radius 1 is 1.35 bits per heavy atom. The Kier molecular flexibility index (Phi) is 5.20. The highest BCUT2D eigenvalue weighted by Crippen LogP contribution is 2.29. The van der Waals surface area contributed by atoms with Crippen molar-refractivity contribution in [3.63, 3.8) is 0 Å². The van der Waals surface area contributed by atoms with Gasteiger partial charge in [0.1, 0.15) is 6.33 Å². The molecular formula is C12H22N6O2. The van der Waals surface area contributed by atoms with Crippen molar-refractivity contribution in [2.24, 2.45) is 0 Å². The number of nitrogens with one attached hydrogen (secondary N) is 3. The molecule has 3 N–H and O–H groups in total. The maximum absolute atomic E-state index is 11.3. The molecule has 0 aliphatic rings. The van der Waals surface area contributed by atoms with Crippen LogP contribution in [-0.2, 0) is 0 Å². The van der Waals surface area contributed by atoms with Crippen LogP contribution in [0.25, 0.3) is 0 Å². The summed E-state index contributed by atoms with van der Waals surface area (Å²) in [5.74, 6) is 0.364. The maximum Gasteiger partial charge on any atom is 0.354 e. The van der Waals surface area contributed by atoms with Gasteiger partial charge in [0.25, 0.3) is 0 Å². The zero-order valence-electron chi connectivity index (χ0n) is 12.5. The topological polar surface area (TPSA) is 105 Å². The lowest BCUT2D eigenvalue weighted by molar-refractivity contribution is -0.383. The average Bonchev–Trinajstić information content (AvgIpc) is 2.35. The van der Waals surface area contributed by atoms with Gasteiger partial charge >= 0.3 is 5.69 Å². The van der Waals surface area contributed by atoms with Gasteiger partial charge in [-0.3, -0.25) is 15.5 Å². The average molecular weight is 282 g/mol. The van der Waals surface area contributed by atoms with E-state index in [4.69, 9.17) is 0 Å². The lowest BCUT2D eigenvalue weighted by Crippen LogP contribution is -2.40. The summed E-state index contributed by atoms with van der Waals surface area (Å²) in [5.41, 5.74) is 5.33. The van der Waals surface area contributed by atoms with Crippen molar-refractivity contribution in [1.29, 1.82) is 0 Å². The predicted octanol–water partition coefficient (Wildman–Crippen LogP) is 2.31. The SMILES string of the molecule is CCC(C)Nc1ncnc(NNC(C)(C)C)c1[N+](=O)[O-]. The van der Waals surface area contributed by atoms with E-state index in [-0.39, 0.29) is 28.9 Å².